The van der Waals surface area contributed by atoms with E-state index in [0.29, 0.717) is 45.7 Å². The fraction of sp³-hybridized carbons (Fsp3) is 0.950. The van der Waals surface area contributed by atoms with Gasteiger partial charge in [-0.25, -0.2) is 4.39 Å². The molecule has 0 aromatic heterocycles. The van der Waals surface area contributed by atoms with Gasteiger partial charge in [0.2, 0.25) is 5.91 Å². The highest BCUT2D eigenvalue weighted by Gasteiger charge is 2.30. The van der Waals surface area contributed by atoms with Gasteiger partial charge in [0.1, 0.15) is 6.17 Å². The molecule has 0 spiro atoms. The Morgan fingerprint density at radius 1 is 0.964 bits per heavy atom. The number of hydrogen-bond donors (Lipinski definition) is 2. The summed E-state index contributed by atoms with van der Waals surface area (Å²) in [5.74, 6) is -0.260. The van der Waals surface area contributed by atoms with Gasteiger partial charge in [-0.3, -0.25) is 4.79 Å². The van der Waals surface area contributed by atoms with Crippen LogP contribution < -0.4 is 10.6 Å². The van der Waals surface area contributed by atoms with Gasteiger partial charge in [0.05, 0.1) is 58.4 Å². The summed E-state index contributed by atoms with van der Waals surface area (Å²) in [6.07, 6.45) is -1.29. The monoisotopic (exact) mass is 414 g/mol. The highest BCUT2D eigenvalue weighted by Crippen LogP contribution is 2.17. The van der Waals surface area contributed by atoms with Crippen LogP contribution in [0.15, 0.2) is 0 Å². The molecule has 0 aromatic rings. The van der Waals surface area contributed by atoms with Crippen molar-refractivity contribution in [2.75, 3.05) is 59.3 Å². The summed E-state index contributed by atoms with van der Waals surface area (Å²) in [4.78, 5) is 10.8. The minimum atomic E-state index is -1.29. The Labute approximate surface area is 174 Å². The van der Waals surface area contributed by atoms with Crippen LogP contribution in [0.25, 0.3) is 0 Å². The predicted octanol–water partition coefficient (Wildman–Crippen LogP) is 2.82. The first-order valence-electron chi connectivity index (χ1n) is 10.2. The lowest BCUT2D eigenvalue weighted by Crippen LogP contribution is -2.44. The Bertz CT molecular complexity index is 368. The van der Waals surface area contributed by atoms with E-state index in [1.165, 1.54) is 6.92 Å². The molecule has 0 saturated heterocycles. The average molecular weight is 415 g/mol. The number of carbonyl (C=O) groups is 1. The molecule has 174 valence electrons. The lowest BCUT2D eigenvalue weighted by molar-refractivity contribution is -0.120. The number of ether oxygens (including phenoxy) is 4. The van der Waals surface area contributed by atoms with Crippen LogP contribution in [-0.4, -0.2) is 83.1 Å². The molecule has 28 heavy (non-hydrogen) atoms. The molecule has 0 aliphatic rings. The Balaban J connectivity index is -0.000000817. The summed E-state index contributed by atoms with van der Waals surface area (Å²) >= 11 is 0. The third-order valence-electron chi connectivity index (χ3n) is 3.53. The summed E-state index contributed by atoms with van der Waals surface area (Å²) in [6.45, 7) is 16.9. The Kier molecular flexibility index (Phi) is 20.5. The first-order valence-corrected chi connectivity index (χ1v) is 10.2. The smallest absolute Gasteiger partial charge is 0.216 e. The van der Waals surface area contributed by atoms with E-state index in [1.54, 1.807) is 13.8 Å². The molecule has 0 fully saturated rings. The maximum atomic E-state index is 14.0. The first kappa shape index (κ1) is 29.4. The van der Waals surface area contributed by atoms with Crippen molar-refractivity contribution in [2.24, 2.45) is 0 Å². The number of alkyl halides is 1. The zero-order chi connectivity index (χ0) is 21.8. The number of halogens is 1. The number of rotatable bonds is 17. The first-order chi connectivity index (χ1) is 13.3. The van der Waals surface area contributed by atoms with Crippen LogP contribution in [0, 0.1) is 0 Å². The minimum Gasteiger partial charge on any atom is -0.378 e. The van der Waals surface area contributed by atoms with Gasteiger partial charge in [0.25, 0.3) is 0 Å². The largest absolute Gasteiger partial charge is 0.378 e. The third kappa shape index (κ3) is 19.9. The van der Waals surface area contributed by atoms with Gasteiger partial charge >= 0.3 is 0 Å². The molecule has 2 N–H and O–H groups in total. The molecule has 0 aromatic carbocycles. The molecule has 0 aliphatic carbocycles. The molecule has 0 aliphatic heterocycles. The molecule has 0 bridgehead atoms. The van der Waals surface area contributed by atoms with Crippen LogP contribution in [0.1, 0.15) is 51.3 Å². The van der Waals surface area contributed by atoms with Crippen molar-refractivity contribution in [2.45, 2.75) is 66.3 Å². The second-order valence-corrected chi connectivity index (χ2v) is 6.80. The molecule has 0 heterocycles. The topological polar surface area (TPSA) is 78.1 Å². The van der Waals surface area contributed by atoms with Crippen molar-refractivity contribution < 1.29 is 31.0 Å². The van der Waals surface area contributed by atoms with Gasteiger partial charge < -0.3 is 29.6 Å². The van der Waals surface area contributed by atoms with Gasteiger partial charge in [-0.2, -0.15) is 0 Å². The van der Waals surface area contributed by atoms with Gasteiger partial charge in [-0.15, -0.1) is 0 Å². The summed E-state index contributed by atoms with van der Waals surface area (Å²) in [6, 6.07) is 0.467. The highest BCUT2D eigenvalue weighted by atomic mass is 19.1. The van der Waals surface area contributed by atoms with Crippen LogP contribution in [0.5, 0.6) is 0 Å². The van der Waals surface area contributed by atoms with Crippen molar-refractivity contribution >= 4 is 5.91 Å². The highest BCUT2D eigenvalue weighted by molar-refractivity contribution is 5.72. The van der Waals surface area contributed by atoms with Crippen LogP contribution in [-0.2, 0) is 23.7 Å². The standard InChI is InChI=1S/C18H37FN2O5.C2H6.2H2/c1-15(2)20-6-7-23-8-9-24-10-11-25-12-13-26-18(4,5)17(19)14-21-16(3)22;1-2;;/h15,17,20H,6-14H2,1-5H3,(H,21,22);1-2H3;2*1H. The Morgan fingerprint density at radius 3 is 1.89 bits per heavy atom. The van der Waals surface area contributed by atoms with Gasteiger partial charge in [0, 0.05) is 22.4 Å². The molecular weight excluding hydrogens is 367 g/mol. The molecular formula is C20H47FN2O5. The maximum absolute atomic E-state index is 14.0. The average Bonchev–Trinajstić information content (AvgIpc) is 2.64. The lowest BCUT2D eigenvalue weighted by atomic mass is 10.0. The van der Waals surface area contributed by atoms with Gasteiger partial charge in [-0.1, -0.05) is 27.7 Å². The van der Waals surface area contributed by atoms with Crippen LogP contribution in [0.3, 0.4) is 0 Å². The lowest BCUT2D eigenvalue weighted by Gasteiger charge is -2.29. The second-order valence-electron chi connectivity index (χ2n) is 6.80. The fourth-order valence-electron chi connectivity index (χ4n) is 1.89. The fourth-order valence-corrected chi connectivity index (χ4v) is 1.89. The molecule has 0 saturated carbocycles. The summed E-state index contributed by atoms with van der Waals surface area (Å²) in [5, 5.41) is 5.71. The van der Waals surface area contributed by atoms with Crippen LogP contribution in [0.2, 0.25) is 0 Å². The Morgan fingerprint density at radius 2 is 1.43 bits per heavy atom. The number of nitrogens with one attached hydrogen (secondary N) is 2. The quantitative estimate of drug-likeness (QED) is 0.356. The summed E-state index contributed by atoms with van der Waals surface area (Å²) in [5.41, 5.74) is -0.982. The number of amides is 1. The van der Waals surface area contributed by atoms with E-state index in [0.717, 1.165) is 6.54 Å². The molecule has 1 amide bonds. The van der Waals surface area contributed by atoms with E-state index in [2.05, 4.69) is 24.5 Å². The van der Waals surface area contributed by atoms with Crippen molar-refractivity contribution in [3.05, 3.63) is 0 Å². The summed E-state index contributed by atoms with van der Waals surface area (Å²) < 4.78 is 35.7. The van der Waals surface area contributed by atoms with Crippen LogP contribution in [0.4, 0.5) is 4.39 Å². The zero-order valence-electron chi connectivity index (χ0n) is 18.9. The minimum absolute atomic E-state index is 0. The van der Waals surface area contributed by atoms with Crippen molar-refractivity contribution in [3.63, 3.8) is 0 Å². The summed E-state index contributed by atoms with van der Waals surface area (Å²) in [7, 11) is 0. The molecule has 0 rings (SSSR count). The van der Waals surface area contributed by atoms with Gasteiger partial charge in [0.15, 0.2) is 0 Å². The van der Waals surface area contributed by atoms with E-state index in [4.69, 9.17) is 18.9 Å². The van der Waals surface area contributed by atoms with E-state index in [1.807, 2.05) is 13.8 Å². The maximum Gasteiger partial charge on any atom is 0.216 e. The molecule has 8 heteroatoms. The van der Waals surface area contributed by atoms with Crippen molar-refractivity contribution in [3.8, 4) is 0 Å². The van der Waals surface area contributed by atoms with Crippen molar-refractivity contribution in [1.82, 2.24) is 10.6 Å². The van der Waals surface area contributed by atoms with E-state index in [9.17, 15) is 9.18 Å². The molecule has 1 atom stereocenters. The van der Waals surface area contributed by atoms with Crippen molar-refractivity contribution in [1.29, 1.82) is 0 Å². The SMILES string of the molecule is CC.CC(=O)NCC(F)C(C)(C)OCCOCCOCCOCCNC(C)C.[HH].[HH]. The van der Waals surface area contributed by atoms with Gasteiger partial charge in [-0.05, 0) is 13.8 Å². The van der Waals surface area contributed by atoms with E-state index in [-0.39, 0.29) is 21.9 Å². The van der Waals surface area contributed by atoms with E-state index < -0.39 is 11.8 Å². The molecule has 1 unspecified atom stereocenters. The normalized spacial score (nSPS) is 12.5. The van der Waals surface area contributed by atoms with E-state index >= 15 is 0 Å². The predicted molar refractivity (Wildman–Crippen MR) is 115 cm³/mol. The molecule has 0 radical (unpaired) electrons. The molecule has 7 nitrogen and oxygen atoms in total. The van der Waals surface area contributed by atoms with Crippen LogP contribution >= 0.6 is 0 Å². The zero-order valence-corrected chi connectivity index (χ0v) is 18.9. The second kappa shape index (κ2) is 19.5. The number of carbonyl (C=O) groups excluding carboxylic acids is 1. The number of hydrogen-bond acceptors (Lipinski definition) is 6. The Hall–Kier alpha value is -0.800. The third-order valence-corrected chi connectivity index (χ3v) is 3.53.